The van der Waals surface area contributed by atoms with Gasteiger partial charge in [0.1, 0.15) is 0 Å². The Labute approximate surface area is 96.9 Å². The number of hydrogen-bond acceptors (Lipinski definition) is 2. The molecular formula is C13H21NS. The third kappa shape index (κ3) is 2.61. The molecule has 0 spiro atoms. The third-order valence-electron chi connectivity index (χ3n) is 3.61. The highest BCUT2D eigenvalue weighted by Crippen LogP contribution is 2.35. The zero-order valence-corrected chi connectivity index (χ0v) is 10.6. The van der Waals surface area contributed by atoms with Crippen molar-refractivity contribution < 1.29 is 0 Å². The molecule has 0 aromatic carbocycles. The van der Waals surface area contributed by atoms with Crippen LogP contribution in [0.4, 0.5) is 0 Å². The van der Waals surface area contributed by atoms with E-state index in [-0.39, 0.29) is 0 Å². The first-order valence-corrected chi connectivity index (χ1v) is 6.90. The zero-order chi connectivity index (χ0) is 10.7. The Hall–Kier alpha value is -0.340. The second kappa shape index (κ2) is 5.13. The Bertz CT molecular complexity index is 299. The molecule has 1 aliphatic carbocycles. The number of nitrogens with one attached hydrogen (secondary N) is 1. The van der Waals surface area contributed by atoms with Gasteiger partial charge in [-0.15, -0.1) is 11.3 Å². The molecule has 0 amide bonds. The third-order valence-corrected chi connectivity index (χ3v) is 4.74. The summed E-state index contributed by atoms with van der Waals surface area (Å²) in [6.45, 7) is 2.23. The normalized spacial score (nSPS) is 19.6. The molecule has 2 heteroatoms. The maximum Gasteiger partial charge on any atom is 0.0417 e. The van der Waals surface area contributed by atoms with Crippen LogP contribution in [0.1, 0.15) is 48.6 Å². The van der Waals surface area contributed by atoms with Crippen molar-refractivity contribution in [3.63, 3.8) is 0 Å². The SMILES string of the molecule is CNC(CC1CCCC1)c1sccc1C. The van der Waals surface area contributed by atoms with E-state index in [0.717, 1.165) is 5.92 Å². The molecule has 1 atom stereocenters. The molecule has 2 rings (SSSR count). The van der Waals surface area contributed by atoms with E-state index < -0.39 is 0 Å². The Morgan fingerprint density at radius 2 is 2.20 bits per heavy atom. The monoisotopic (exact) mass is 223 g/mol. The van der Waals surface area contributed by atoms with E-state index in [2.05, 4.69) is 30.7 Å². The van der Waals surface area contributed by atoms with Crippen LogP contribution in [-0.2, 0) is 0 Å². The summed E-state index contributed by atoms with van der Waals surface area (Å²) in [4.78, 5) is 1.55. The van der Waals surface area contributed by atoms with Gasteiger partial charge < -0.3 is 5.32 Å². The van der Waals surface area contributed by atoms with Crippen molar-refractivity contribution in [2.45, 2.75) is 45.1 Å². The lowest BCUT2D eigenvalue weighted by atomic mass is 9.96. The first-order chi connectivity index (χ1) is 7.31. The first-order valence-electron chi connectivity index (χ1n) is 6.02. The molecule has 1 saturated carbocycles. The van der Waals surface area contributed by atoms with E-state index in [4.69, 9.17) is 0 Å². The van der Waals surface area contributed by atoms with Gasteiger partial charge in [0.05, 0.1) is 0 Å². The number of hydrogen-bond donors (Lipinski definition) is 1. The highest BCUT2D eigenvalue weighted by Gasteiger charge is 2.21. The molecule has 0 bridgehead atoms. The van der Waals surface area contributed by atoms with E-state index in [9.17, 15) is 0 Å². The molecule has 1 heterocycles. The van der Waals surface area contributed by atoms with Crippen LogP contribution < -0.4 is 5.32 Å². The average Bonchev–Trinajstić information content (AvgIpc) is 2.85. The number of rotatable bonds is 4. The summed E-state index contributed by atoms with van der Waals surface area (Å²) in [6, 6.07) is 2.83. The van der Waals surface area contributed by atoms with E-state index in [1.807, 2.05) is 11.3 Å². The van der Waals surface area contributed by atoms with Gasteiger partial charge in [-0.2, -0.15) is 0 Å². The second-order valence-electron chi connectivity index (χ2n) is 4.70. The quantitative estimate of drug-likeness (QED) is 0.816. The average molecular weight is 223 g/mol. The van der Waals surface area contributed by atoms with Gasteiger partial charge in [-0.05, 0) is 43.3 Å². The van der Waals surface area contributed by atoms with Crippen molar-refractivity contribution in [2.24, 2.45) is 5.92 Å². The fourth-order valence-electron chi connectivity index (χ4n) is 2.68. The molecule has 0 saturated heterocycles. The van der Waals surface area contributed by atoms with Crippen molar-refractivity contribution in [1.82, 2.24) is 5.32 Å². The highest BCUT2D eigenvalue weighted by atomic mass is 32.1. The molecule has 1 aromatic rings. The van der Waals surface area contributed by atoms with Crippen LogP contribution in [0.3, 0.4) is 0 Å². The Balaban J connectivity index is 2.00. The predicted octanol–water partition coefficient (Wildman–Crippen LogP) is 3.90. The Morgan fingerprint density at radius 3 is 2.73 bits per heavy atom. The van der Waals surface area contributed by atoms with E-state index >= 15 is 0 Å². The summed E-state index contributed by atoms with van der Waals surface area (Å²) < 4.78 is 0. The minimum Gasteiger partial charge on any atom is -0.312 e. The first kappa shape index (κ1) is 11.2. The van der Waals surface area contributed by atoms with Crippen LogP contribution in [0.15, 0.2) is 11.4 Å². The smallest absolute Gasteiger partial charge is 0.0417 e. The van der Waals surface area contributed by atoms with Crippen LogP contribution >= 0.6 is 11.3 Å². The molecule has 1 unspecified atom stereocenters. The van der Waals surface area contributed by atoms with Crippen molar-refractivity contribution in [3.8, 4) is 0 Å². The van der Waals surface area contributed by atoms with Gasteiger partial charge in [0.25, 0.3) is 0 Å². The Morgan fingerprint density at radius 1 is 1.47 bits per heavy atom. The number of aryl methyl sites for hydroxylation is 1. The molecule has 1 nitrogen and oxygen atoms in total. The summed E-state index contributed by atoms with van der Waals surface area (Å²) in [5.74, 6) is 0.962. The van der Waals surface area contributed by atoms with Gasteiger partial charge in [0, 0.05) is 10.9 Å². The largest absolute Gasteiger partial charge is 0.312 e. The molecule has 1 aromatic heterocycles. The van der Waals surface area contributed by atoms with Gasteiger partial charge in [-0.25, -0.2) is 0 Å². The lowest BCUT2D eigenvalue weighted by Gasteiger charge is -2.19. The molecule has 0 radical (unpaired) electrons. The lowest BCUT2D eigenvalue weighted by Crippen LogP contribution is -2.18. The van der Waals surface area contributed by atoms with Crippen molar-refractivity contribution in [3.05, 3.63) is 21.9 Å². The summed E-state index contributed by atoms with van der Waals surface area (Å²) in [5, 5.41) is 5.69. The molecule has 1 fully saturated rings. The summed E-state index contributed by atoms with van der Waals surface area (Å²) >= 11 is 1.90. The Kier molecular flexibility index (Phi) is 3.81. The minimum absolute atomic E-state index is 0.591. The topological polar surface area (TPSA) is 12.0 Å². The summed E-state index contributed by atoms with van der Waals surface area (Å²) in [5.41, 5.74) is 1.46. The molecule has 1 aliphatic rings. The van der Waals surface area contributed by atoms with Crippen LogP contribution in [0, 0.1) is 12.8 Å². The fraction of sp³-hybridized carbons (Fsp3) is 0.692. The molecular weight excluding hydrogens is 202 g/mol. The maximum atomic E-state index is 3.48. The van der Waals surface area contributed by atoms with Crippen molar-refractivity contribution >= 4 is 11.3 Å². The molecule has 84 valence electrons. The van der Waals surface area contributed by atoms with Crippen molar-refractivity contribution in [1.29, 1.82) is 0 Å². The second-order valence-corrected chi connectivity index (χ2v) is 5.64. The van der Waals surface area contributed by atoms with Crippen LogP contribution in [0.2, 0.25) is 0 Å². The number of thiophene rings is 1. The molecule has 1 N–H and O–H groups in total. The summed E-state index contributed by atoms with van der Waals surface area (Å²) in [7, 11) is 2.10. The fourth-order valence-corrected chi connectivity index (χ4v) is 3.73. The van der Waals surface area contributed by atoms with E-state index in [1.165, 1.54) is 37.7 Å². The predicted molar refractivity (Wildman–Crippen MR) is 67.4 cm³/mol. The minimum atomic E-state index is 0.591. The summed E-state index contributed by atoms with van der Waals surface area (Å²) in [6.07, 6.45) is 7.12. The maximum absolute atomic E-state index is 3.48. The van der Waals surface area contributed by atoms with Crippen molar-refractivity contribution in [2.75, 3.05) is 7.05 Å². The van der Waals surface area contributed by atoms with Crippen LogP contribution in [0.25, 0.3) is 0 Å². The lowest BCUT2D eigenvalue weighted by molar-refractivity contribution is 0.416. The van der Waals surface area contributed by atoms with Gasteiger partial charge in [-0.3, -0.25) is 0 Å². The van der Waals surface area contributed by atoms with E-state index in [1.54, 1.807) is 4.88 Å². The van der Waals surface area contributed by atoms with Crippen LogP contribution in [-0.4, -0.2) is 7.05 Å². The molecule has 15 heavy (non-hydrogen) atoms. The highest BCUT2D eigenvalue weighted by molar-refractivity contribution is 7.10. The zero-order valence-electron chi connectivity index (χ0n) is 9.75. The van der Waals surface area contributed by atoms with E-state index in [0.29, 0.717) is 6.04 Å². The van der Waals surface area contributed by atoms with Gasteiger partial charge in [-0.1, -0.05) is 25.7 Å². The molecule has 0 aliphatic heterocycles. The van der Waals surface area contributed by atoms with Crippen LogP contribution in [0.5, 0.6) is 0 Å². The van der Waals surface area contributed by atoms with Gasteiger partial charge in [0.15, 0.2) is 0 Å². The standard InChI is InChI=1S/C13H21NS/c1-10-7-8-15-13(10)12(14-2)9-11-5-3-4-6-11/h7-8,11-12,14H,3-6,9H2,1-2H3. The van der Waals surface area contributed by atoms with Gasteiger partial charge in [0.2, 0.25) is 0 Å². The van der Waals surface area contributed by atoms with Gasteiger partial charge >= 0.3 is 0 Å².